The molecule has 1 heterocycles. The molecule has 1 aliphatic heterocycles. The summed E-state index contributed by atoms with van der Waals surface area (Å²) in [5.74, 6) is -2.29. The van der Waals surface area contributed by atoms with Gasteiger partial charge in [0.25, 0.3) is 0 Å². The average Bonchev–Trinajstić information content (AvgIpc) is 3.31. The summed E-state index contributed by atoms with van der Waals surface area (Å²) in [5, 5.41) is 10.6. The number of halogens is 3. The third-order valence-electron chi connectivity index (χ3n) is 8.60. The monoisotopic (exact) mass is 591 g/mol. The Morgan fingerprint density at radius 1 is 1.02 bits per heavy atom. The van der Waals surface area contributed by atoms with Crippen LogP contribution in [-0.4, -0.2) is 54.4 Å². The molecule has 4 rings (SSSR count). The molecule has 6 atom stereocenters. The van der Waals surface area contributed by atoms with E-state index in [1.165, 1.54) is 18.1 Å². The maximum atomic E-state index is 14.3. The van der Waals surface area contributed by atoms with Crippen molar-refractivity contribution in [1.29, 1.82) is 0 Å². The molecular formula is C32H40F3NO6. The van der Waals surface area contributed by atoms with Crippen LogP contribution in [0.15, 0.2) is 48.5 Å². The van der Waals surface area contributed by atoms with Crippen molar-refractivity contribution in [2.24, 2.45) is 17.3 Å². The fourth-order valence-electron chi connectivity index (χ4n) is 6.64. The minimum absolute atomic E-state index is 0.0902. The number of methoxy groups -OCH3 is 2. The summed E-state index contributed by atoms with van der Waals surface area (Å²) in [5.41, 5.74) is -0.608. The molecule has 0 radical (unpaired) electrons. The molecule has 1 saturated heterocycles. The zero-order valence-corrected chi connectivity index (χ0v) is 24.7. The number of ether oxygens (including phenoxy) is 3. The topological polar surface area (TPSA) is 85.3 Å². The fraction of sp³-hybridized carbons (Fsp3) is 0.562. The van der Waals surface area contributed by atoms with Crippen molar-refractivity contribution >= 4 is 11.9 Å². The summed E-state index contributed by atoms with van der Waals surface area (Å²) in [6, 6.07) is 10.3. The lowest BCUT2D eigenvalue weighted by Crippen LogP contribution is -2.49. The van der Waals surface area contributed by atoms with Gasteiger partial charge in [-0.05, 0) is 48.4 Å². The predicted molar refractivity (Wildman–Crippen MR) is 150 cm³/mol. The van der Waals surface area contributed by atoms with Crippen LogP contribution in [0.2, 0.25) is 0 Å². The molecule has 1 amide bonds. The molecule has 42 heavy (non-hydrogen) atoms. The summed E-state index contributed by atoms with van der Waals surface area (Å²) < 4.78 is 58.0. The van der Waals surface area contributed by atoms with E-state index in [4.69, 9.17) is 14.2 Å². The van der Waals surface area contributed by atoms with E-state index in [-0.39, 0.29) is 29.9 Å². The molecule has 7 nitrogen and oxygen atoms in total. The van der Waals surface area contributed by atoms with E-state index in [1.807, 2.05) is 51.1 Å². The van der Waals surface area contributed by atoms with Gasteiger partial charge < -0.3 is 24.2 Å². The summed E-state index contributed by atoms with van der Waals surface area (Å²) in [4.78, 5) is 28.8. The molecule has 0 bridgehead atoms. The van der Waals surface area contributed by atoms with Crippen LogP contribution in [-0.2, 0) is 31.8 Å². The molecule has 2 aliphatic rings. The number of carboxylic acids is 1. The number of carbonyl (C=O) groups is 2. The molecule has 1 aliphatic carbocycles. The van der Waals surface area contributed by atoms with Crippen molar-refractivity contribution in [3.05, 3.63) is 65.2 Å². The van der Waals surface area contributed by atoms with E-state index >= 15 is 0 Å². The summed E-state index contributed by atoms with van der Waals surface area (Å²) in [7, 11) is 2.98. The van der Waals surface area contributed by atoms with Gasteiger partial charge in [0, 0.05) is 24.5 Å². The number of benzene rings is 2. The number of carbonyl (C=O) groups excluding carboxylic acids is 1. The standard InChI is InChI=1S/C32H40F3NO6/c1-31(2,3)25-27(30(38)39)36(29(37)20-12-9-13-23(17-20)40-4)26(19-10-7-6-8-11-19)28(25)42-18-21-16-22(32(33,34)35)14-15-24(21)41-5/h6-8,10-11,14-16,20,23,25-28H,9,12-13,17-18H2,1-5H3,(H,38,39)/t20-,23-,25-,26+,27+,28+/m0/s1. The number of hydrogen-bond acceptors (Lipinski definition) is 5. The Kier molecular flexibility index (Phi) is 9.57. The van der Waals surface area contributed by atoms with Crippen LogP contribution in [0.25, 0.3) is 0 Å². The second-order valence-corrected chi connectivity index (χ2v) is 12.3. The van der Waals surface area contributed by atoms with Crippen molar-refractivity contribution in [1.82, 2.24) is 4.90 Å². The molecule has 2 aromatic rings. The number of likely N-dealkylation sites (tertiary alicyclic amines) is 1. The zero-order valence-electron chi connectivity index (χ0n) is 24.7. The zero-order chi connectivity index (χ0) is 30.8. The minimum Gasteiger partial charge on any atom is -0.496 e. The van der Waals surface area contributed by atoms with Crippen molar-refractivity contribution in [3.63, 3.8) is 0 Å². The van der Waals surface area contributed by atoms with E-state index in [0.29, 0.717) is 18.4 Å². The first kappa shape index (κ1) is 31.8. The number of nitrogens with zero attached hydrogens (tertiary/aromatic N) is 1. The van der Waals surface area contributed by atoms with Gasteiger partial charge in [0.15, 0.2) is 0 Å². The van der Waals surface area contributed by atoms with Gasteiger partial charge in [-0.25, -0.2) is 4.79 Å². The van der Waals surface area contributed by atoms with E-state index in [2.05, 4.69) is 0 Å². The molecule has 230 valence electrons. The Morgan fingerprint density at radius 3 is 2.29 bits per heavy atom. The van der Waals surface area contributed by atoms with Crippen LogP contribution in [0.1, 0.15) is 69.2 Å². The van der Waals surface area contributed by atoms with E-state index in [0.717, 1.165) is 25.0 Å². The molecule has 2 fully saturated rings. The first-order valence-electron chi connectivity index (χ1n) is 14.3. The van der Waals surface area contributed by atoms with Gasteiger partial charge in [0.1, 0.15) is 11.8 Å². The quantitative estimate of drug-likeness (QED) is 0.377. The lowest BCUT2D eigenvalue weighted by molar-refractivity contribution is -0.155. The summed E-state index contributed by atoms with van der Waals surface area (Å²) in [6.45, 7) is 5.42. The van der Waals surface area contributed by atoms with Crippen LogP contribution in [0, 0.1) is 17.3 Å². The number of aliphatic carboxylic acids is 1. The van der Waals surface area contributed by atoms with Gasteiger partial charge >= 0.3 is 12.1 Å². The van der Waals surface area contributed by atoms with Crippen LogP contribution < -0.4 is 4.74 Å². The third-order valence-corrected chi connectivity index (χ3v) is 8.60. The number of rotatable bonds is 8. The van der Waals surface area contributed by atoms with Gasteiger partial charge in [0.2, 0.25) is 5.91 Å². The molecule has 0 aromatic heterocycles. The van der Waals surface area contributed by atoms with E-state index < -0.39 is 53.1 Å². The van der Waals surface area contributed by atoms with Crippen molar-refractivity contribution < 1.29 is 42.1 Å². The van der Waals surface area contributed by atoms with Crippen molar-refractivity contribution in [2.75, 3.05) is 14.2 Å². The van der Waals surface area contributed by atoms with Gasteiger partial charge in [-0.15, -0.1) is 0 Å². The third kappa shape index (κ3) is 6.59. The van der Waals surface area contributed by atoms with Crippen LogP contribution in [0.5, 0.6) is 5.75 Å². The Labute approximate surface area is 244 Å². The molecule has 0 spiro atoms. The number of hydrogen-bond donors (Lipinski definition) is 1. The molecule has 1 N–H and O–H groups in total. The normalized spacial score (nSPS) is 26.7. The van der Waals surface area contributed by atoms with Crippen LogP contribution >= 0.6 is 0 Å². The number of amides is 1. The second-order valence-electron chi connectivity index (χ2n) is 12.3. The lowest BCUT2D eigenvalue weighted by atomic mass is 9.73. The Hall–Kier alpha value is -3.11. The van der Waals surface area contributed by atoms with Crippen molar-refractivity contribution in [3.8, 4) is 5.75 Å². The van der Waals surface area contributed by atoms with Gasteiger partial charge in [-0.1, -0.05) is 57.5 Å². The second kappa shape index (κ2) is 12.6. The first-order chi connectivity index (χ1) is 19.8. The number of carboxylic acid groups (broad SMARTS) is 1. The molecule has 10 heteroatoms. The smallest absolute Gasteiger partial charge is 0.416 e. The lowest BCUT2D eigenvalue weighted by Gasteiger charge is -2.36. The van der Waals surface area contributed by atoms with Crippen molar-refractivity contribution in [2.45, 2.75) is 83.5 Å². The highest BCUT2D eigenvalue weighted by molar-refractivity contribution is 5.87. The average molecular weight is 592 g/mol. The van der Waals surface area contributed by atoms with E-state index in [9.17, 15) is 27.9 Å². The Balaban J connectivity index is 1.81. The highest BCUT2D eigenvalue weighted by Gasteiger charge is 2.59. The number of alkyl halides is 3. The maximum absolute atomic E-state index is 14.3. The fourth-order valence-corrected chi connectivity index (χ4v) is 6.64. The highest BCUT2D eigenvalue weighted by Crippen LogP contribution is 2.51. The van der Waals surface area contributed by atoms with Gasteiger partial charge in [-0.3, -0.25) is 4.79 Å². The molecule has 1 saturated carbocycles. The Bertz CT molecular complexity index is 1250. The highest BCUT2D eigenvalue weighted by atomic mass is 19.4. The molecular weight excluding hydrogens is 551 g/mol. The van der Waals surface area contributed by atoms with E-state index in [1.54, 1.807) is 7.11 Å². The van der Waals surface area contributed by atoms with Gasteiger partial charge in [-0.2, -0.15) is 13.2 Å². The largest absolute Gasteiger partial charge is 0.496 e. The molecule has 2 aromatic carbocycles. The minimum atomic E-state index is -4.56. The molecule has 0 unspecified atom stereocenters. The summed E-state index contributed by atoms with van der Waals surface area (Å²) in [6.07, 6.45) is -2.75. The van der Waals surface area contributed by atoms with Crippen LogP contribution in [0.4, 0.5) is 13.2 Å². The Morgan fingerprint density at radius 2 is 1.71 bits per heavy atom. The maximum Gasteiger partial charge on any atom is 0.416 e. The summed E-state index contributed by atoms with van der Waals surface area (Å²) >= 11 is 0. The van der Waals surface area contributed by atoms with Gasteiger partial charge in [0.05, 0.1) is 37.5 Å². The van der Waals surface area contributed by atoms with Crippen LogP contribution in [0.3, 0.4) is 0 Å². The predicted octanol–water partition coefficient (Wildman–Crippen LogP) is 6.50. The first-order valence-corrected chi connectivity index (χ1v) is 14.3. The SMILES string of the molecule is COc1ccc(C(F)(F)F)cc1CO[C@@H]1[C@@H](C(C)(C)C)[C@H](C(=O)O)N(C(=O)[C@H]2CCC[C@H](OC)C2)[C@@H]1c1ccccc1.